The first kappa shape index (κ1) is 35.2. The zero-order chi connectivity index (χ0) is 34.2. The summed E-state index contributed by atoms with van der Waals surface area (Å²) in [7, 11) is -1.37. The summed E-state index contributed by atoms with van der Waals surface area (Å²) in [5, 5.41) is 3.66. The van der Waals surface area contributed by atoms with Crippen molar-refractivity contribution in [2.45, 2.75) is 46.8 Å². The van der Waals surface area contributed by atoms with Crippen molar-refractivity contribution in [1.29, 1.82) is 0 Å². The molecule has 0 unspecified atom stereocenters. The molecule has 0 spiro atoms. The van der Waals surface area contributed by atoms with Gasteiger partial charge in [0, 0.05) is 32.0 Å². The van der Waals surface area contributed by atoms with Crippen molar-refractivity contribution in [1.82, 2.24) is 14.5 Å². The third-order valence-corrected chi connectivity index (χ3v) is 10.7. The molecule has 0 saturated carbocycles. The molecule has 0 aliphatic rings. The Hall–Kier alpha value is -4.61. The van der Waals surface area contributed by atoms with Gasteiger partial charge in [-0.3, -0.25) is 4.98 Å². The minimum absolute atomic E-state index is 0. The zero-order valence-corrected chi connectivity index (χ0v) is 32.8. The summed E-state index contributed by atoms with van der Waals surface area (Å²) in [5.41, 5.74) is 9.61. The number of hydrogen-bond donors (Lipinski definition) is 0. The van der Waals surface area contributed by atoms with Crippen molar-refractivity contribution in [3.8, 4) is 28.3 Å². The van der Waals surface area contributed by atoms with E-state index in [1.807, 2.05) is 84.9 Å². The molecule has 0 N–H and O–H groups in total. The molecule has 8 rings (SSSR count). The second kappa shape index (κ2) is 14.3. The minimum Gasteiger partial charge on any atom is -0.476 e. The maximum Gasteiger partial charge on any atom is 0.123 e. The molecule has 0 aliphatic heterocycles. The van der Waals surface area contributed by atoms with Gasteiger partial charge >= 0.3 is 0 Å². The maximum atomic E-state index is 6.08. The topological polar surface area (TPSA) is 43.9 Å². The number of fused-ring (bicyclic) bond motifs is 4. The van der Waals surface area contributed by atoms with Crippen molar-refractivity contribution in [3.05, 3.63) is 145 Å². The number of rotatable bonds is 5. The van der Waals surface area contributed by atoms with E-state index in [1.54, 1.807) is 0 Å². The van der Waals surface area contributed by atoms with Crippen LogP contribution in [-0.4, -0.2) is 22.6 Å². The Bertz CT molecular complexity index is 2380. The van der Waals surface area contributed by atoms with E-state index in [4.69, 9.17) is 14.4 Å². The van der Waals surface area contributed by atoms with E-state index in [9.17, 15) is 0 Å². The Balaban J connectivity index is 0.000000177. The minimum atomic E-state index is -1.37. The fourth-order valence-corrected chi connectivity index (χ4v) is 8.00. The first-order chi connectivity index (χ1) is 23.5. The van der Waals surface area contributed by atoms with Gasteiger partial charge in [-0.05, 0) is 58.4 Å². The van der Waals surface area contributed by atoms with E-state index < -0.39 is 8.07 Å². The number of aromatic nitrogens is 3. The molecule has 0 bridgehead atoms. The number of furan rings is 1. The van der Waals surface area contributed by atoms with Gasteiger partial charge in [0.05, 0.1) is 30.5 Å². The molecule has 3 aromatic heterocycles. The van der Waals surface area contributed by atoms with E-state index in [0.717, 1.165) is 67.7 Å². The summed E-state index contributed by atoms with van der Waals surface area (Å²) in [4.78, 5) is 9.62. The van der Waals surface area contributed by atoms with Crippen LogP contribution in [0.25, 0.3) is 61.3 Å². The third kappa shape index (κ3) is 7.44. The molecule has 50 heavy (non-hydrogen) atoms. The summed E-state index contributed by atoms with van der Waals surface area (Å²) < 4.78 is 8.25. The van der Waals surface area contributed by atoms with Gasteiger partial charge < -0.3 is 14.0 Å². The van der Waals surface area contributed by atoms with Gasteiger partial charge in [0.2, 0.25) is 0 Å². The van der Waals surface area contributed by atoms with Gasteiger partial charge in [-0.2, -0.15) is 0 Å². The van der Waals surface area contributed by atoms with Crippen molar-refractivity contribution >= 4 is 46.2 Å². The number of para-hydroxylation sites is 4. The van der Waals surface area contributed by atoms with Crippen LogP contribution in [-0.2, 0) is 26.5 Å². The summed E-state index contributed by atoms with van der Waals surface area (Å²) in [6.07, 6.45) is 3.21. The number of pyridine rings is 1. The predicted octanol–water partition coefficient (Wildman–Crippen LogP) is 11.1. The van der Waals surface area contributed by atoms with Crippen molar-refractivity contribution in [2.75, 3.05) is 0 Å². The Morgan fingerprint density at radius 3 is 2.20 bits per heavy atom. The standard InChI is InChI=1S/C25H15N2O.C19H26NSi.Ir/c1-2-8-18(9-3-1)27-22-12-6-5-11-21(22)26-25(27)17-14-15-20-19-10-4-7-13-23(19)28-24(20)16-17;1-19(2,3)13-16-12-17(15-10-8-7-9-11-15)20-14-18(16)21(4,5)6;/h1-13,15-16H;7-10,12,14H,13H2,1-6H3;/q2*-1;. The first-order valence-corrected chi connectivity index (χ1v) is 20.4. The Labute approximate surface area is 309 Å². The molecule has 0 aliphatic carbocycles. The molecule has 1 radical (unpaired) electrons. The van der Waals surface area contributed by atoms with Crippen LogP contribution in [0.4, 0.5) is 0 Å². The molecule has 4 nitrogen and oxygen atoms in total. The molecule has 5 aromatic carbocycles. The predicted molar refractivity (Wildman–Crippen MR) is 207 cm³/mol. The Morgan fingerprint density at radius 2 is 1.46 bits per heavy atom. The van der Waals surface area contributed by atoms with Crippen molar-refractivity contribution in [3.63, 3.8) is 0 Å². The van der Waals surface area contributed by atoms with Crippen LogP contribution in [0.15, 0.2) is 132 Å². The molecular formula is C44H41IrN3OSi-2. The van der Waals surface area contributed by atoms with E-state index in [2.05, 4.69) is 99.7 Å². The average Bonchev–Trinajstić information content (AvgIpc) is 3.66. The Morgan fingerprint density at radius 1 is 0.740 bits per heavy atom. The summed E-state index contributed by atoms with van der Waals surface area (Å²) in [6, 6.07) is 47.7. The molecule has 0 atom stereocenters. The van der Waals surface area contributed by atoms with Crippen LogP contribution >= 0.6 is 0 Å². The smallest absolute Gasteiger partial charge is 0.123 e. The van der Waals surface area contributed by atoms with Crippen LogP contribution in [0, 0.1) is 17.5 Å². The number of hydrogen-bond acceptors (Lipinski definition) is 3. The van der Waals surface area contributed by atoms with Crippen LogP contribution < -0.4 is 5.19 Å². The van der Waals surface area contributed by atoms with Crippen LogP contribution in [0.2, 0.25) is 19.6 Å². The fourth-order valence-electron chi connectivity index (χ4n) is 6.43. The van der Waals surface area contributed by atoms with Gasteiger partial charge in [0.1, 0.15) is 5.58 Å². The quantitative estimate of drug-likeness (QED) is 0.128. The van der Waals surface area contributed by atoms with Gasteiger partial charge in [-0.15, -0.1) is 53.6 Å². The van der Waals surface area contributed by atoms with Crippen LogP contribution in [0.5, 0.6) is 0 Å². The number of benzene rings is 5. The summed E-state index contributed by atoms with van der Waals surface area (Å²) in [6.45, 7) is 14.1. The normalized spacial score (nSPS) is 11.7. The van der Waals surface area contributed by atoms with E-state index in [1.165, 1.54) is 10.8 Å². The molecule has 253 valence electrons. The molecule has 8 aromatic rings. The van der Waals surface area contributed by atoms with E-state index >= 15 is 0 Å². The second-order valence-electron chi connectivity index (χ2n) is 14.8. The summed E-state index contributed by atoms with van der Waals surface area (Å²) >= 11 is 0. The summed E-state index contributed by atoms with van der Waals surface area (Å²) in [5.74, 6) is 0.856. The van der Waals surface area contributed by atoms with Crippen molar-refractivity contribution in [2.24, 2.45) is 5.41 Å². The van der Waals surface area contributed by atoms with Gasteiger partial charge in [0.25, 0.3) is 0 Å². The van der Waals surface area contributed by atoms with Crippen molar-refractivity contribution < 1.29 is 24.5 Å². The second-order valence-corrected chi connectivity index (χ2v) is 19.8. The molecule has 0 saturated heterocycles. The molecule has 6 heteroatoms. The first-order valence-electron chi connectivity index (χ1n) is 16.9. The zero-order valence-electron chi connectivity index (χ0n) is 29.4. The SMILES string of the molecule is CC(C)(C)Cc1cc(-c2[c-]cccc2)ncc1[Si](C)(C)C.[Ir].[c-]1cc2c(cc1-c1nc3ccccc3n1-c1ccccc1)oc1ccccc12. The molecular weight excluding hydrogens is 807 g/mol. The molecule has 0 fully saturated rings. The van der Waals surface area contributed by atoms with Crippen LogP contribution in [0.1, 0.15) is 26.3 Å². The van der Waals surface area contributed by atoms with Gasteiger partial charge in [-0.25, -0.2) is 0 Å². The molecule has 0 amide bonds. The fraction of sp³-hybridized carbons (Fsp3) is 0.182. The van der Waals surface area contributed by atoms with Gasteiger partial charge in [-0.1, -0.05) is 112 Å². The monoisotopic (exact) mass is 848 g/mol. The van der Waals surface area contributed by atoms with Gasteiger partial charge in [0.15, 0.2) is 0 Å². The number of nitrogens with zero attached hydrogens (tertiary/aromatic N) is 3. The van der Waals surface area contributed by atoms with E-state index in [0.29, 0.717) is 0 Å². The average molecular weight is 848 g/mol. The Kier molecular flexibility index (Phi) is 10.1. The van der Waals surface area contributed by atoms with Crippen LogP contribution in [0.3, 0.4) is 0 Å². The third-order valence-electron chi connectivity index (χ3n) is 8.63. The maximum absolute atomic E-state index is 6.08. The molecule has 3 heterocycles. The number of imidazole rings is 1. The largest absolute Gasteiger partial charge is 0.476 e. The van der Waals surface area contributed by atoms with E-state index in [-0.39, 0.29) is 25.5 Å².